The SMILES string of the molecule is NCCC1COc2c(CN3CCCCC3)cccc2O1. The molecule has 0 spiro atoms. The van der Waals surface area contributed by atoms with E-state index in [2.05, 4.69) is 17.0 Å². The van der Waals surface area contributed by atoms with E-state index in [1.165, 1.54) is 37.9 Å². The predicted molar refractivity (Wildman–Crippen MR) is 79.2 cm³/mol. The lowest BCUT2D eigenvalue weighted by Crippen LogP contribution is -2.33. The van der Waals surface area contributed by atoms with E-state index in [1.54, 1.807) is 0 Å². The number of nitrogens with two attached hydrogens (primary N) is 1. The molecule has 0 saturated carbocycles. The molecule has 1 saturated heterocycles. The lowest BCUT2D eigenvalue weighted by Gasteiger charge is -2.30. The van der Waals surface area contributed by atoms with Crippen molar-refractivity contribution in [3.63, 3.8) is 0 Å². The standard InChI is InChI=1S/C16H24N2O2/c17-8-7-14-12-19-16-13(5-4-6-15(16)20-14)11-18-9-2-1-3-10-18/h4-6,14H,1-3,7-12,17H2. The Morgan fingerprint density at radius 2 is 2.05 bits per heavy atom. The third-order valence-electron chi connectivity index (χ3n) is 4.10. The monoisotopic (exact) mass is 276 g/mol. The molecule has 3 rings (SSSR count). The maximum Gasteiger partial charge on any atom is 0.165 e. The first kappa shape index (κ1) is 13.7. The summed E-state index contributed by atoms with van der Waals surface area (Å²) in [6, 6.07) is 6.21. The van der Waals surface area contributed by atoms with Crippen molar-refractivity contribution < 1.29 is 9.47 Å². The first-order valence-electron chi connectivity index (χ1n) is 7.70. The summed E-state index contributed by atoms with van der Waals surface area (Å²) in [6.07, 6.45) is 4.92. The van der Waals surface area contributed by atoms with Gasteiger partial charge in [0.15, 0.2) is 11.5 Å². The van der Waals surface area contributed by atoms with Gasteiger partial charge >= 0.3 is 0 Å². The Balaban J connectivity index is 1.71. The molecule has 0 bridgehead atoms. The van der Waals surface area contributed by atoms with Crippen LogP contribution in [0.4, 0.5) is 0 Å². The van der Waals surface area contributed by atoms with Gasteiger partial charge in [-0.15, -0.1) is 0 Å². The third-order valence-corrected chi connectivity index (χ3v) is 4.10. The van der Waals surface area contributed by atoms with Gasteiger partial charge in [-0.1, -0.05) is 18.6 Å². The molecule has 1 fully saturated rings. The van der Waals surface area contributed by atoms with E-state index in [0.29, 0.717) is 13.2 Å². The van der Waals surface area contributed by atoms with Gasteiger partial charge in [0.25, 0.3) is 0 Å². The topological polar surface area (TPSA) is 47.7 Å². The van der Waals surface area contributed by atoms with Crippen LogP contribution in [0, 0.1) is 0 Å². The zero-order valence-corrected chi connectivity index (χ0v) is 12.0. The minimum absolute atomic E-state index is 0.0951. The highest BCUT2D eigenvalue weighted by Gasteiger charge is 2.23. The summed E-state index contributed by atoms with van der Waals surface area (Å²) in [4.78, 5) is 2.51. The lowest BCUT2D eigenvalue weighted by atomic mass is 10.1. The first-order valence-corrected chi connectivity index (χ1v) is 7.70. The van der Waals surface area contributed by atoms with E-state index in [0.717, 1.165) is 24.5 Å². The van der Waals surface area contributed by atoms with Crippen LogP contribution in [0.1, 0.15) is 31.2 Å². The number of para-hydroxylation sites is 1. The van der Waals surface area contributed by atoms with Gasteiger partial charge in [-0.3, -0.25) is 4.90 Å². The van der Waals surface area contributed by atoms with Crippen molar-refractivity contribution in [2.45, 2.75) is 38.3 Å². The van der Waals surface area contributed by atoms with Crippen LogP contribution >= 0.6 is 0 Å². The fraction of sp³-hybridized carbons (Fsp3) is 0.625. The highest BCUT2D eigenvalue weighted by molar-refractivity contribution is 5.47. The Labute approximate surface area is 120 Å². The molecule has 1 unspecified atom stereocenters. The zero-order chi connectivity index (χ0) is 13.8. The highest BCUT2D eigenvalue weighted by atomic mass is 16.6. The molecule has 20 heavy (non-hydrogen) atoms. The summed E-state index contributed by atoms with van der Waals surface area (Å²) in [6.45, 7) is 4.60. The van der Waals surface area contributed by atoms with E-state index >= 15 is 0 Å². The molecule has 2 aliphatic heterocycles. The molecule has 0 amide bonds. The van der Waals surface area contributed by atoms with Crippen LogP contribution in [0.15, 0.2) is 18.2 Å². The number of piperidine rings is 1. The quantitative estimate of drug-likeness (QED) is 0.915. The Bertz CT molecular complexity index is 444. The van der Waals surface area contributed by atoms with Gasteiger partial charge in [0.1, 0.15) is 12.7 Å². The van der Waals surface area contributed by atoms with Gasteiger partial charge in [0, 0.05) is 12.1 Å². The van der Waals surface area contributed by atoms with E-state index in [1.807, 2.05) is 6.07 Å². The molecule has 110 valence electrons. The van der Waals surface area contributed by atoms with Gasteiger partial charge in [0.05, 0.1) is 0 Å². The molecule has 1 atom stereocenters. The van der Waals surface area contributed by atoms with Crippen LogP contribution in [0.25, 0.3) is 0 Å². The molecular weight excluding hydrogens is 252 g/mol. The van der Waals surface area contributed by atoms with E-state index < -0.39 is 0 Å². The maximum atomic E-state index is 5.98. The Morgan fingerprint density at radius 3 is 2.85 bits per heavy atom. The molecule has 2 aliphatic rings. The van der Waals surface area contributed by atoms with Crippen LogP contribution < -0.4 is 15.2 Å². The summed E-state index contributed by atoms with van der Waals surface area (Å²) in [5.74, 6) is 1.82. The number of fused-ring (bicyclic) bond motifs is 1. The lowest BCUT2D eigenvalue weighted by molar-refractivity contribution is 0.0842. The smallest absolute Gasteiger partial charge is 0.165 e. The second-order valence-corrected chi connectivity index (χ2v) is 5.71. The van der Waals surface area contributed by atoms with E-state index in [-0.39, 0.29) is 6.10 Å². The van der Waals surface area contributed by atoms with Gasteiger partial charge in [-0.25, -0.2) is 0 Å². The van der Waals surface area contributed by atoms with Crippen molar-refractivity contribution in [3.05, 3.63) is 23.8 Å². The molecule has 0 radical (unpaired) electrons. The number of hydrogen-bond donors (Lipinski definition) is 1. The highest BCUT2D eigenvalue weighted by Crippen LogP contribution is 2.36. The first-order chi connectivity index (χ1) is 9.86. The van der Waals surface area contributed by atoms with Crippen LogP contribution in [-0.2, 0) is 6.54 Å². The van der Waals surface area contributed by atoms with Crippen LogP contribution in [0.5, 0.6) is 11.5 Å². The summed E-state index contributed by atoms with van der Waals surface area (Å²) in [7, 11) is 0. The zero-order valence-electron chi connectivity index (χ0n) is 12.0. The largest absolute Gasteiger partial charge is 0.485 e. The Morgan fingerprint density at radius 1 is 1.20 bits per heavy atom. The Hall–Kier alpha value is -1.26. The molecule has 2 heterocycles. The van der Waals surface area contributed by atoms with Crippen LogP contribution in [-0.4, -0.2) is 37.2 Å². The normalized spacial score (nSPS) is 22.8. The van der Waals surface area contributed by atoms with Crippen LogP contribution in [0.3, 0.4) is 0 Å². The average molecular weight is 276 g/mol. The summed E-state index contributed by atoms with van der Waals surface area (Å²) >= 11 is 0. The summed E-state index contributed by atoms with van der Waals surface area (Å²) in [5, 5.41) is 0. The van der Waals surface area contributed by atoms with E-state index in [4.69, 9.17) is 15.2 Å². The van der Waals surface area contributed by atoms with Gasteiger partial charge in [-0.2, -0.15) is 0 Å². The molecule has 4 nitrogen and oxygen atoms in total. The molecule has 1 aromatic rings. The van der Waals surface area contributed by atoms with Gasteiger partial charge in [-0.05, 0) is 45.0 Å². The molecule has 1 aromatic carbocycles. The van der Waals surface area contributed by atoms with Gasteiger partial charge in [0.2, 0.25) is 0 Å². The molecular formula is C16H24N2O2. The van der Waals surface area contributed by atoms with Crippen molar-refractivity contribution >= 4 is 0 Å². The fourth-order valence-electron chi connectivity index (χ4n) is 3.02. The van der Waals surface area contributed by atoms with Crippen molar-refractivity contribution in [1.29, 1.82) is 0 Å². The van der Waals surface area contributed by atoms with E-state index in [9.17, 15) is 0 Å². The Kier molecular flexibility index (Phi) is 4.43. The third kappa shape index (κ3) is 3.07. The van der Waals surface area contributed by atoms with Crippen molar-refractivity contribution in [3.8, 4) is 11.5 Å². The number of ether oxygens (including phenoxy) is 2. The predicted octanol–water partition coefficient (Wildman–Crippen LogP) is 2.16. The minimum Gasteiger partial charge on any atom is -0.485 e. The second-order valence-electron chi connectivity index (χ2n) is 5.71. The number of benzene rings is 1. The molecule has 4 heteroatoms. The number of nitrogens with zero attached hydrogens (tertiary/aromatic N) is 1. The van der Waals surface area contributed by atoms with Crippen LogP contribution in [0.2, 0.25) is 0 Å². The average Bonchev–Trinajstić information content (AvgIpc) is 2.49. The number of rotatable bonds is 4. The molecule has 0 aromatic heterocycles. The van der Waals surface area contributed by atoms with Crippen molar-refractivity contribution in [1.82, 2.24) is 4.90 Å². The van der Waals surface area contributed by atoms with Crippen molar-refractivity contribution in [2.75, 3.05) is 26.2 Å². The summed E-state index contributed by atoms with van der Waals surface area (Å²) < 4.78 is 11.9. The van der Waals surface area contributed by atoms with Gasteiger partial charge < -0.3 is 15.2 Å². The minimum atomic E-state index is 0.0951. The number of likely N-dealkylation sites (tertiary alicyclic amines) is 1. The summed E-state index contributed by atoms with van der Waals surface area (Å²) in [5.41, 5.74) is 6.84. The molecule has 0 aliphatic carbocycles. The number of hydrogen-bond acceptors (Lipinski definition) is 4. The second kappa shape index (κ2) is 6.46. The van der Waals surface area contributed by atoms with Crippen molar-refractivity contribution in [2.24, 2.45) is 5.73 Å². The molecule has 2 N–H and O–H groups in total. The fourth-order valence-corrected chi connectivity index (χ4v) is 3.02. The maximum absolute atomic E-state index is 5.98.